The Morgan fingerprint density at radius 1 is 1.47 bits per heavy atom. The molecule has 0 spiro atoms. The summed E-state index contributed by atoms with van der Waals surface area (Å²) in [6.07, 6.45) is 1.91. The summed E-state index contributed by atoms with van der Waals surface area (Å²) in [6.45, 7) is 7.30. The zero-order valence-corrected chi connectivity index (χ0v) is 11.0. The van der Waals surface area contributed by atoms with Crippen LogP contribution in [0.4, 0.5) is 0 Å². The van der Waals surface area contributed by atoms with E-state index in [9.17, 15) is 5.11 Å². The minimum atomic E-state index is -0.709. The highest BCUT2D eigenvalue weighted by atomic mass is 16.3. The lowest BCUT2D eigenvalue weighted by Gasteiger charge is -2.41. The third-order valence-corrected chi connectivity index (χ3v) is 4.14. The summed E-state index contributed by atoms with van der Waals surface area (Å²) in [5.74, 6) is 0.556. The van der Waals surface area contributed by atoms with Gasteiger partial charge in [0.05, 0.1) is 0 Å². The summed E-state index contributed by atoms with van der Waals surface area (Å²) < 4.78 is 0. The molecule has 0 amide bonds. The molecule has 0 aliphatic heterocycles. The first-order chi connectivity index (χ1) is 8.09. The molecule has 0 bridgehead atoms. The van der Waals surface area contributed by atoms with Gasteiger partial charge in [-0.2, -0.15) is 0 Å². The Morgan fingerprint density at radius 2 is 2.18 bits per heavy atom. The highest BCUT2D eigenvalue weighted by Crippen LogP contribution is 2.42. The van der Waals surface area contributed by atoms with Gasteiger partial charge in [-0.1, -0.05) is 38.1 Å². The predicted octanol–water partition coefficient (Wildman–Crippen LogP) is 2.77. The maximum Gasteiger partial charge on any atom is 0.105 e. The fourth-order valence-corrected chi connectivity index (χ4v) is 2.97. The van der Waals surface area contributed by atoms with E-state index in [-0.39, 0.29) is 6.04 Å². The van der Waals surface area contributed by atoms with Crippen LogP contribution in [0.1, 0.15) is 50.7 Å². The lowest BCUT2D eigenvalue weighted by molar-refractivity contribution is -0.0156. The van der Waals surface area contributed by atoms with Gasteiger partial charge in [-0.15, -0.1) is 0 Å². The number of rotatable bonds is 3. The summed E-state index contributed by atoms with van der Waals surface area (Å²) in [5.41, 5.74) is 1.72. The maximum absolute atomic E-state index is 11.0. The average Bonchev–Trinajstić information content (AvgIpc) is 2.35. The lowest BCUT2D eigenvalue weighted by atomic mass is 9.71. The van der Waals surface area contributed by atoms with Crippen molar-refractivity contribution >= 4 is 0 Å². The molecule has 0 saturated carbocycles. The largest absolute Gasteiger partial charge is 0.384 e. The normalized spacial score (nSPS) is 29.8. The molecule has 1 aromatic carbocycles. The van der Waals surface area contributed by atoms with Crippen molar-refractivity contribution in [2.24, 2.45) is 0 Å². The van der Waals surface area contributed by atoms with Crippen LogP contribution in [0.3, 0.4) is 0 Å². The van der Waals surface area contributed by atoms with Crippen LogP contribution in [0, 0.1) is 0 Å². The molecule has 2 rings (SSSR count). The van der Waals surface area contributed by atoms with E-state index >= 15 is 0 Å². The lowest BCUT2D eigenvalue weighted by Crippen LogP contribution is -2.48. The molecule has 3 unspecified atom stereocenters. The second-order valence-corrected chi connectivity index (χ2v) is 5.23. The number of aliphatic hydroxyl groups is 1. The standard InChI is InChI=1S/C15H23NO/c1-4-16-12(3)15(17)10-9-11(2)13-7-5-6-8-14(13)15/h5-8,11-12,16-17H,4,9-10H2,1-3H3. The van der Waals surface area contributed by atoms with E-state index in [0.29, 0.717) is 5.92 Å². The van der Waals surface area contributed by atoms with Gasteiger partial charge >= 0.3 is 0 Å². The average molecular weight is 233 g/mol. The number of nitrogens with one attached hydrogen (secondary N) is 1. The van der Waals surface area contributed by atoms with Crippen LogP contribution < -0.4 is 5.32 Å². The van der Waals surface area contributed by atoms with Gasteiger partial charge in [-0.05, 0) is 43.4 Å². The Morgan fingerprint density at radius 3 is 2.88 bits per heavy atom. The zero-order chi connectivity index (χ0) is 12.5. The molecule has 17 heavy (non-hydrogen) atoms. The first-order valence-corrected chi connectivity index (χ1v) is 6.64. The topological polar surface area (TPSA) is 32.3 Å². The number of likely N-dealkylation sites (N-methyl/N-ethyl adjacent to an activating group) is 1. The first kappa shape index (κ1) is 12.6. The summed E-state index contributed by atoms with van der Waals surface area (Å²) in [6, 6.07) is 8.43. The van der Waals surface area contributed by atoms with E-state index in [1.54, 1.807) is 0 Å². The fourth-order valence-electron chi connectivity index (χ4n) is 2.97. The highest BCUT2D eigenvalue weighted by molar-refractivity contribution is 5.38. The van der Waals surface area contributed by atoms with Crippen molar-refractivity contribution in [3.05, 3.63) is 35.4 Å². The van der Waals surface area contributed by atoms with Crippen LogP contribution in [0.25, 0.3) is 0 Å². The molecule has 0 saturated heterocycles. The SMILES string of the molecule is CCNC(C)C1(O)CCC(C)c2ccccc21. The van der Waals surface area contributed by atoms with Crippen LogP contribution in [-0.4, -0.2) is 17.7 Å². The smallest absolute Gasteiger partial charge is 0.105 e. The van der Waals surface area contributed by atoms with Gasteiger partial charge in [0.25, 0.3) is 0 Å². The van der Waals surface area contributed by atoms with Crippen LogP contribution in [0.5, 0.6) is 0 Å². The zero-order valence-electron chi connectivity index (χ0n) is 11.0. The van der Waals surface area contributed by atoms with Gasteiger partial charge in [0.15, 0.2) is 0 Å². The fraction of sp³-hybridized carbons (Fsp3) is 0.600. The van der Waals surface area contributed by atoms with Gasteiger partial charge in [0, 0.05) is 6.04 Å². The van der Waals surface area contributed by atoms with Crippen molar-refractivity contribution in [2.45, 2.75) is 51.2 Å². The molecule has 2 N–H and O–H groups in total. The Kier molecular flexibility index (Phi) is 3.55. The molecule has 3 atom stereocenters. The van der Waals surface area contributed by atoms with Gasteiger partial charge in [0.2, 0.25) is 0 Å². The second kappa shape index (κ2) is 4.79. The molecular formula is C15H23NO. The van der Waals surface area contributed by atoms with Gasteiger partial charge in [0.1, 0.15) is 5.60 Å². The highest BCUT2D eigenvalue weighted by Gasteiger charge is 2.40. The molecule has 0 fully saturated rings. The number of hydrogen-bond donors (Lipinski definition) is 2. The van der Waals surface area contributed by atoms with Crippen molar-refractivity contribution < 1.29 is 5.11 Å². The molecule has 0 aromatic heterocycles. The van der Waals surface area contributed by atoms with Gasteiger partial charge in [-0.25, -0.2) is 0 Å². The Hall–Kier alpha value is -0.860. The van der Waals surface area contributed by atoms with Crippen molar-refractivity contribution in [1.29, 1.82) is 0 Å². The number of hydrogen-bond acceptors (Lipinski definition) is 2. The third kappa shape index (κ3) is 2.12. The van der Waals surface area contributed by atoms with Gasteiger partial charge < -0.3 is 10.4 Å². The van der Waals surface area contributed by atoms with Crippen molar-refractivity contribution in [3.63, 3.8) is 0 Å². The second-order valence-electron chi connectivity index (χ2n) is 5.23. The van der Waals surface area contributed by atoms with E-state index in [0.717, 1.165) is 24.9 Å². The van der Waals surface area contributed by atoms with E-state index in [4.69, 9.17) is 0 Å². The Labute approximate surface area is 104 Å². The predicted molar refractivity (Wildman–Crippen MR) is 71.1 cm³/mol. The first-order valence-electron chi connectivity index (χ1n) is 6.64. The van der Waals surface area contributed by atoms with Crippen molar-refractivity contribution in [3.8, 4) is 0 Å². The summed E-state index contributed by atoms with van der Waals surface area (Å²) in [7, 11) is 0. The summed E-state index contributed by atoms with van der Waals surface area (Å²) >= 11 is 0. The Balaban J connectivity index is 2.41. The number of fused-ring (bicyclic) bond motifs is 1. The minimum Gasteiger partial charge on any atom is -0.384 e. The van der Waals surface area contributed by atoms with Crippen LogP contribution in [0.15, 0.2) is 24.3 Å². The van der Waals surface area contributed by atoms with Crippen LogP contribution >= 0.6 is 0 Å². The number of benzene rings is 1. The molecular weight excluding hydrogens is 210 g/mol. The summed E-state index contributed by atoms with van der Waals surface area (Å²) in [5, 5.41) is 14.3. The molecule has 2 nitrogen and oxygen atoms in total. The molecule has 2 heteroatoms. The molecule has 1 aliphatic carbocycles. The Bertz CT molecular complexity index is 390. The van der Waals surface area contributed by atoms with E-state index < -0.39 is 5.60 Å². The monoisotopic (exact) mass is 233 g/mol. The quantitative estimate of drug-likeness (QED) is 0.841. The minimum absolute atomic E-state index is 0.0983. The van der Waals surface area contributed by atoms with Crippen molar-refractivity contribution in [1.82, 2.24) is 5.32 Å². The molecule has 1 aliphatic rings. The molecule has 94 valence electrons. The molecule has 1 aromatic rings. The van der Waals surface area contributed by atoms with E-state index in [2.05, 4.69) is 44.3 Å². The van der Waals surface area contributed by atoms with Gasteiger partial charge in [-0.3, -0.25) is 0 Å². The van der Waals surface area contributed by atoms with E-state index in [1.807, 2.05) is 6.07 Å². The maximum atomic E-state index is 11.0. The van der Waals surface area contributed by atoms with Crippen LogP contribution in [0.2, 0.25) is 0 Å². The summed E-state index contributed by atoms with van der Waals surface area (Å²) in [4.78, 5) is 0. The third-order valence-electron chi connectivity index (χ3n) is 4.14. The van der Waals surface area contributed by atoms with Crippen LogP contribution in [-0.2, 0) is 5.60 Å². The van der Waals surface area contributed by atoms with Crippen molar-refractivity contribution in [2.75, 3.05) is 6.54 Å². The van der Waals surface area contributed by atoms with E-state index in [1.165, 1.54) is 5.56 Å². The molecule has 0 heterocycles. The molecule has 0 radical (unpaired) electrons.